The largest absolute Gasteiger partial charge is 0.409 e. The summed E-state index contributed by atoms with van der Waals surface area (Å²) in [5.41, 5.74) is 1.25. The van der Waals surface area contributed by atoms with E-state index in [1.807, 2.05) is 45.9 Å². The van der Waals surface area contributed by atoms with E-state index in [4.69, 9.17) is 25.5 Å². The Hall–Kier alpha value is -1.35. The third-order valence-electron chi connectivity index (χ3n) is 10.1. The topological polar surface area (TPSA) is 77.9 Å². The minimum Gasteiger partial charge on any atom is -0.409 e. The van der Waals surface area contributed by atoms with Crippen LogP contribution in [-0.2, 0) is 25.1 Å². The van der Waals surface area contributed by atoms with Gasteiger partial charge in [-0.2, -0.15) is 0 Å². The molecule has 6 nitrogen and oxygen atoms in total. The molecule has 1 aliphatic rings. The number of halogens is 1. The Morgan fingerprint density at radius 2 is 1.96 bits per heavy atom. The predicted molar refractivity (Wildman–Crippen MR) is 189 cm³/mol. The van der Waals surface area contributed by atoms with Gasteiger partial charge in [-0.3, -0.25) is 9.78 Å². The number of carbonyl (C=O) groups excluding carboxylic acids is 1. The fraction of sp³-hybridized carbons (Fsp3) is 0.730. The summed E-state index contributed by atoms with van der Waals surface area (Å²) < 4.78 is 18.7. The third kappa shape index (κ3) is 11.4. The van der Waals surface area contributed by atoms with Crippen LogP contribution >= 0.6 is 11.6 Å². The molecule has 1 aromatic heterocycles. The summed E-state index contributed by atoms with van der Waals surface area (Å²) in [5.74, 6) is -1.26. The van der Waals surface area contributed by atoms with E-state index in [1.165, 1.54) is 5.57 Å². The highest BCUT2D eigenvalue weighted by Crippen LogP contribution is 2.41. The zero-order chi connectivity index (χ0) is 34.2. The van der Waals surface area contributed by atoms with Crippen molar-refractivity contribution in [2.24, 2.45) is 17.3 Å². The number of allylic oxidation sites excluding steroid dienone is 1. The lowest BCUT2D eigenvalue weighted by molar-refractivity contribution is -0.290. The maximum atomic E-state index is 14.5. The molecule has 0 spiro atoms. The molecule has 0 radical (unpaired) electrons. The molecule has 0 amide bonds. The summed E-state index contributed by atoms with van der Waals surface area (Å²) in [5, 5.41) is 12.2. The molecule has 1 aromatic rings. The molecule has 0 aromatic carbocycles. The molecular formula is C37H62ClNO5Si. The molecule has 0 bridgehead atoms. The summed E-state index contributed by atoms with van der Waals surface area (Å²) in [7, 11) is -1.98. The van der Waals surface area contributed by atoms with Crippen LogP contribution in [0.1, 0.15) is 107 Å². The molecule has 6 atom stereocenters. The Balaban J connectivity index is 2.09. The van der Waals surface area contributed by atoms with E-state index < -0.39 is 31.5 Å². The lowest BCUT2D eigenvalue weighted by Gasteiger charge is -2.46. The Morgan fingerprint density at radius 1 is 1.29 bits per heavy atom. The van der Waals surface area contributed by atoms with E-state index in [0.717, 1.165) is 25.0 Å². The number of hydrogen-bond acceptors (Lipinski definition) is 6. The third-order valence-corrected chi connectivity index (χ3v) is 14.8. The Labute approximate surface area is 280 Å². The predicted octanol–water partition coefficient (Wildman–Crippen LogP) is 9.41. The van der Waals surface area contributed by atoms with Gasteiger partial charge in [0.15, 0.2) is 14.1 Å². The number of aromatic nitrogens is 1. The fourth-order valence-corrected chi connectivity index (χ4v) is 7.50. The molecule has 1 saturated heterocycles. The van der Waals surface area contributed by atoms with Crippen LogP contribution < -0.4 is 0 Å². The smallest absolute Gasteiger partial charge is 0.192 e. The van der Waals surface area contributed by atoms with Crippen molar-refractivity contribution in [2.75, 3.05) is 6.61 Å². The van der Waals surface area contributed by atoms with Crippen molar-refractivity contribution in [1.82, 2.24) is 4.98 Å². The van der Waals surface area contributed by atoms with Crippen LogP contribution in [-0.4, -0.2) is 54.9 Å². The van der Waals surface area contributed by atoms with Crippen molar-refractivity contribution >= 4 is 25.7 Å². The molecule has 0 saturated carbocycles. The Bertz CT molecular complexity index is 1130. The Morgan fingerprint density at radius 3 is 2.49 bits per heavy atom. The first-order chi connectivity index (χ1) is 20.7. The lowest BCUT2D eigenvalue weighted by atomic mass is 9.67. The summed E-state index contributed by atoms with van der Waals surface area (Å²) in [6.45, 7) is 27.6. The molecule has 1 fully saturated rings. The molecule has 45 heavy (non-hydrogen) atoms. The van der Waals surface area contributed by atoms with E-state index >= 15 is 0 Å². The van der Waals surface area contributed by atoms with Crippen LogP contribution in [0, 0.1) is 17.3 Å². The van der Waals surface area contributed by atoms with Gasteiger partial charge in [0.05, 0.1) is 30.3 Å². The van der Waals surface area contributed by atoms with Crippen LogP contribution in [0.15, 0.2) is 47.7 Å². The first-order valence-corrected chi connectivity index (χ1v) is 20.1. The second kappa shape index (κ2) is 16.7. The van der Waals surface area contributed by atoms with Crippen LogP contribution in [0.4, 0.5) is 0 Å². The second-order valence-corrected chi connectivity index (χ2v) is 20.6. The first-order valence-electron chi connectivity index (χ1n) is 16.9. The van der Waals surface area contributed by atoms with Crippen molar-refractivity contribution in [3.63, 3.8) is 0 Å². The number of nitrogens with zero attached hydrogens (tertiary/aromatic N) is 1. The highest BCUT2D eigenvalue weighted by molar-refractivity contribution is 6.74. The van der Waals surface area contributed by atoms with Gasteiger partial charge in [0.1, 0.15) is 5.78 Å². The van der Waals surface area contributed by atoms with Gasteiger partial charge in [-0.1, -0.05) is 70.5 Å². The monoisotopic (exact) mass is 663 g/mol. The number of ketones is 1. The normalized spacial score (nSPS) is 21.8. The molecule has 1 N–H and O–H groups in total. The van der Waals surface area contributed by atoms with Crippen molar-refractivity contribution in [1.29, 1.82) is 0 Å². The van der Waals surface area contributed by atoms with Crippen LogP contribution in [0.25, 0.3) is 0 Å². The van der Waals surface area contributed by atoms with Crippen molar-refractivity contribution < 1.29 is 23.8 Å². The molecule has 2 unspecified atom stereocenters. The minimum atomic E-state index is -1.98. The number of rotatable bonds is 17. The van der Waals surface area contributed by atoms with Gasteiger partial charge < -0.3 is 19.0 Å². The van der Waals surface area contributed by atoms with Crippen molar-refractivity contribution in [3.8, 4) is 0 Å². The van der Waals surface area contributed by atoms with Crippen LogP contribution in [0.3, 0.4) is 0 Å². The van der Waals surface area contributed by atoms with E-state index in [-0.39, 0.29) is 28.9 Å². The SMILES string of the molecule is C=C(Cl)[C@H](CC=C(C)CCC[C@H](C)[C@@H](O)C(CC)C(=O)C(C)(Cc1ccccn1)[C@@H]1CCOC(C)(C)O1)O[Si](C)(C)C(C)(C)C. The summed E-state index contributed by atoms with van der Waals surface area (Å²) in [6, 6.07) is 5.78. The standard InChI is InChI=1S/C37H62ClNO5Si/c1-13-30(34(41)37(10,25-29-19-14-15-23-39-29)32-22-24-42-36(8,9)43-32)33(40)27(3)18-16-17-26(2)20-21-31(28(4)38)44-45(11,12)35(5,6)7/h14-15,19-20,23,27,30-33,40H,4,13,16-18,21-22,24-25H2,1-3,5-12H3/t27-,30?,31-,32-,33+,37?/m0/s1. The van der Waals surface area contributed by atoms with E-state index in [2.05, 4.69) is 65.4 Å². The number of Topliss-reactive ketones (excluding diaryl/α,β-unsaturated/α-hetero) is 1. The van der Waals surface area contributed by atoms with E-state index in [1.54, 1.807) is 6.20 Å². The average Bonchev–Trinajstić information content (AvgIpc) is 2.94. The Kier molecular flexibility index (Phi) is 14.7. The quantitative estimate of drug-likeness (QED) is 0.132. The number of ether oxygens (including phenoxy) is 2. The molecule has 2 rings (SSSR count). The number of pyridine rings is 1. The lowest BCUT2D eigenvalue weighted by Crippen LogP contribution is -2.54. The first kappa shape index (κ1) is 39.8. The van der Waals surface area contributed by atoms with Gasteiger partial charge in [0, 0.05) is 29.3 Å². The van der Waals surface area contributed by atoms with E-state index in [9.17, 15) is 9.90 Å². The maximum Gasteiger partial charge on any atom is 0.192 e. The number of aliphatic hydroxyl groups is 1. The highest BCUT2D eigenvalue weighted by Gasteiger charge is 2.50. The van der Waals surface area contributed by atoms with Crippen molar-refractivity contribution in [2.45, 2.75) is 149 Å². The van der Waals surface area contributed by atoms with Gasteiger partial charge in [-0.15, -0.1) is 0 Å². The number of carbonyl (C=O) groups is 1. The highest BCUT2D eigenvalue weighted by atomic mass is 35.5. The second-order valence-electron chi connectivity index (χ2n) is 15.4. The van der Waals surface area contributed by atoms with Gasteiger partial charge in [-0.05, 0) is 102 Å². The van der Waals surface area contributed by atoms with Gasteiger partial charge >= 0.3 is 0 Å². The number of aliphatic hydroxyl groups excluding tert-OH is 1. The molecule has 1 aliphatic heterocycles. The number of hydrogen-bond donors (Lipinski definition) is 1. The van der Waals surface area contributed by atoms with Gasteiger partial charge in [-0.25, -0.2) is 0 Å². The molecule has 256 valence electrons. The summed E-state index contributed by atoms with van der Waals surface area (Å²) >= 11 is 6.37. The molecular weight excluding hydrogens is 602 g/mol. The fourth-order valence-electron chi connectivity index (χ4n) is 5.99. The van der Waals surface area contributed by atoms with E-state index in [0.29, 0.717) is 37.3 Å². The van der Waals surface area contributed by atoms with Crippen LogP contribution in [0.2, 0.25) is 18.1 Å². The molecule has 2 heterocycles. The van der Waals surface area contributed by atoms with Gasteiger partial charge in [0.2, 0.25) is 0 Å². The zero-order valence-corrected chi connectivity index (χ0v) is 31.8. The summed E-state index contributed by atoms with van der Waals surface area (Å²) in [4.78, 5) is 19.0. The average molecular weight is 664 g/mol. The van der Waals surface area contributed by atoms with Crippen molar-refractivity contribution in [3.05, 3.63) is 53.4 Å². The molecule has 8 heteroatoms. The maximum absolute atomic E-state index is 14.5. The zero-order valence-electron chi connectivity index (χ0n) is 30.0. The van der Waals surface area contributed by atoms with Crippen LogP contribution in [0.5, 0.6) is 0 Å². The van der Waals surface area contributed by atoms with Gasteiger partial charge in [0.25, 0.3) is 0 Å². The summed E-state index contributed by atoms with van der Waals surface area (Å²) in [6.07, 6.45) is 7.65. The minimum absolute atomic E-state index is 0.0323. The molecule has 0 aliphatic carbocycles.